The molecule has 1 N–H and O–H groups in total. The second-order valence-electron chi connectivity index (χ2n) is 6.74. The van der Waals surface area contributed by atoms with E-state index in [9.17, 15) is 4.79 Å². The first kappa shape index (κ1) is 21.1. The van der Waals surface area contributed by atoms with Crippen molar-refractivity contribution in [2.24, 2.45) is 0 Å². The zero-order chi connectivity index (χ0) is 22.0. The summed E-state index contributed by atoms with van der Waals surface area (Å²) in [5.41, 5.74) is 1.52. The van der Waals surface area contributed by atoms with Gasteiger partial charge >= 0.3 is 0 Å². The Hall–Kier alpha value is -3.11. The van der Waals surface area contributed by atoms with E-state index in [0.29, 0.717) is 39.7 Å². The number of methoxy groups -OCH3 is 1. The van der Waals surface area contributed by atoms with E-state index in [0.717, 1.165) is 11.1 Å². The SMILES string of the molecule is C=CCn1c(S[C@H](C)C(=O)Nc2nc(C)cs2)nnc1-c1cc2cccc(OC)c2o1. The van der Waals surface area contributed by atoms with E-state index >= 15 is 0 Å². The van der Waals surface area contributed by atoms with Gasteiger partial charge in [-0.3, -0.25) is 9.36 Å². The summed E-state index contributed by atoms with van der Waals surface area (Å²) >= 11 is 2.71. The maximum absolute atomic E-state index is 12.6. The van der Waals surface area contributed by atoms with Crippen LogP contribution in [0.2, 0.25) is 0 Å². The van der Waals surface area contributed by atoms with Crippen LogP contribution in [0.1, 0.15) is 12.6 Å². The minimum atomic E-state index is -0.402. The van der Waals surface area contributed by atoms with Crippen LogP contribution in [0.3, 0.4) is 0 Å². The molecular weight excluding hydrogens is 434 g/mol. The van der Waals surface area contributed by atoms with E-state index in [-0.39, 0.29) is 5.91 Å². The van der Waals surface area contributed by atoms with Crippen molar-refractivity contribution in [3.05, 3.63) is 48.0 Å². The lowest BCUT2D eigenvalue weighted by molar-refractivity contribution is -0.115. The first-order chi connectivity index (χ1) is 15.0. The minimum Gasteiger partial charge on any atom is -0.493 e. The number of benzene rings is 1. The predicted octanol–water partition coefficient (Wildman–Crippen LogP) is 4.77. The molecular formula is C21H21N5O3S2. The first-order valence-electron chi connectivity index (χ1n) is 9.50. The van der Waals surface area contributed by atoms with Gasteiger partial charge in [-0.1, -0.05) is 30.0 Å². The largest absolute Gasteiger partial charge is 0.493 e. The third kappa shape index (κ3) is 4.35. The van der Waals surface area contributed by atoms with E-state index in [1.54, 1.807) is 13.2 Å². The number of aromatic nitrogens is 4. The number of hydrogen-bond donors (Lipinski definition) is 1. The molecule has 0 aliphatic rings. The van der Waals surface area contributed by atoms with Crippen molar-refractivity contribution in [1.82, 2.24) is 19.7 Å². The number of allylic oxidation sites excluding steroid dienone is 1. The fourth-order valence-electron chi connectivity index (χ4n) is 2.99. The van der Waals surface area contributed by atoms with Crippen molar-refractivity contribution < 1.29 is 13.9 Å². The van der Waals surface area contributed by atoms with Gasteiger partial charge in [0.25, 0.3) is 0 Å². The molecule has 0 spiro atoms. The van der Waals surface area contributed by atoms with Gasteiger partial charge in [-0.05, 0) is 26.0 Å². The molecule has 8 nitrogen and oxygen atoms in total. The number of thioether (sulfide) groups is 1. The maximum Gasteiger partial charge on any atom is 0.239 e. The summed E-state index contributed by atoms with van der Waals surface area (Å²) in [4.78, 5) is 16.9. The van der Waals surface area contributed by atoms with Crippen LogP contribution in [0, 0.1) is 6.92 Å². The number of nitrogens with zero attached hydrogens (tertiary/aromatic N) is 4. The number of amides is 1. The highest BCUT2D eigenvalue weighted by atomic mass is 32.2. The summed E-state index contributed by atoms with van der Waals surface area (Å²) in [5.74, 6) is 1.62. The Morgan fingerprint density at radius 3 is 3.00 bits per heavy atom. The number of hydrogen-bond acceptors (Lipinski definition) is 8. The Bertz CT molecular complexity index is 1240. The number of fused-ring (bicyclic) bond motifs is 1. The summed E-state index contributed by atoms with van der Waals surface area (Å²) < 4.78 is 13.3. The number of carbonyl (C=O) groups is 1. The highest BCUT2D eigenvalue weighted by Gasteiger charge is 2.23. The number of thiazole rings is 1. The van der Waals surface area contributed by atoms with Crippen LogP contribution < -0.4 is 10.1 Å². The Kier molecular flexibility index (Phi) is 6.10. The number of nitrogens with one attached hydrogen (secondary N) is 1. The van der Waals surface area contributed by atoms with Gasteiger partial charge in [-0.25, -0.2) is 4.98 Å². The molecule has 10 heteroatoms. The lowest BCUT2D eigenvalue weighted by Crippen LogP contribution is -2.22. The summed E-state index contributed by atoms with van der Waals surface area (Å²) in [6.45, 7) is 8.01. The Balaban J connectivity index is 1.60. The predicted molar refractivity (Wildman–Crippen MR) is 123 cm³/mol. The van der Waals surface area contributed by atoms with Gasteiger partial charge in [0.2, 0.25) is 11.7 Å². The highest BCUT2D eigenvalue weighted by molar-refractivity contribution is 8.00. The average Bonchev–Trinajstić information content (AvgIpc) is 3.46. The number of anilines is 1. The molecule has 1 atom stereocenters. The lowest BCUT2D eigenvalue weighted by atomic mass is 10.2. The number of ether oxygens (including phenoxy) is 1. The zero-order valence-electron chi connectivity index (χ0n) is 17.3. The topological polar surface area (TPSA) is 95.1 Å². The second kappa shape index (κ2) is 8.94. The lowest BCUT2D eigenvalue weighted by Gasteiger charge is -2.11. The molecule has 1 amide bonds. The third-order valence-electron chi connectivity index (χ3n) is 4.48. The molecule has 0 saturated carbocycles. The van der Waals surface area contributed by atoms with Crippen molar-refractivity contribution in [1.29, 1.82) is 0 Å². The van der Waals surface area contributed by atoms with Crippen molar-refractivity contribution in [3.63, 3.8) is 0 Å². The van der Waals surface area contributed by atoms with Gasteiger partial charge in [0.05, 0.1) is 18.1 Å². The van der Waals surface area contributed by atoms with Gasteiger partial charge in [-0.2, -0.15) is 0 Å². The summed E-state index contributed by atoms with van der Waals surface area (Å²) in [5, 5.41) is 15.0. The summed E-state index contributed by atoms with van der Waals surface area (Å²) in [7, 11) is 1.60. The molecule has 1 aromatic carbocycles. The van der Waals surface area contributed by atoms with Gasteiger partial charge in [0.15, 0.2) is 27.4 Å². The molecule has 31 heavy (non-hydrogen) atoms. The second-order valence-corrected chi connectivity index (χ2v) is 8.90. The van der Waals surface area contributed by atoms with Crippen molar-refractivity contribution in [3.8, 4) is 17.3 Å². The van der Waals surface area contributed by atoms with Crippen LogP contribution in [-0.2, 0) is 11.3 Å². The highest BCUT2D eigenvalue weighted by Crippen LogP contribution is 2.34. The number of para-hydroxylation sites is 1. The van der Waals surface area contributed by atoms with Gasteiger partial charge in [0, 0.05) is 17.3 Å². The number of aryl methyl sites for hydroxylation is 1. The molecule has 160 valence electrons. The number of rotatable bonds is 8. The fourth-order valence-corrected chi connectivity index (χ4v) is 4.54. The van der Waals surface area contributed by atoms with Gasteiger partial charge < -0.3 is 14.5 Å². The molecule has 0 radical (unpaired) electrons. The van der Waals surface area contributed by atoms with Crippen LogP contribution >= 0.6 is 23.1 Å². The molecule has 4 rings (SSSR count). The monoisotopic (exact) mass is 455 g/mol. The molecule has 3 aromatic heterocycles. The molecule has 0 fully saturated rings. The van der Waals surface area contributed by atoms with Crippen molar-refractivity contribution in [2.75, 3.05) is 12.4 Å². The standard InChI is InChI=1S/C21H21N5O3S2/c1-5-9-26-18(16-10-14-7-6-8-15(28-4)17(14)29-16)24-25-21(26)31-13(3)19(27)23-20-22-12(2)11-30-20/h5-8,10-11,13H,1,9H2,2-4H3,(H,22,23,27)/t13-/m1/s1. The van der Waals surface area contributed by atoms with Gasteiger partial charge in [0.1, 0.15) is 0 Å². The van der Waals surface area contributed by atoms with Crippen LogP contribution in [0.4, 0.5) is 5.13 Å². The Morgan fingerprint density at radius 2 is 2.29 bits per heavy atom. The normalized spacial score (nSPS) is 12.1. The van der Waals surface area contributed by atoms with Crippen LogP contribution in [0.25, 0.3) is 22.6 Å². The van der Waals surface area contributed by atoms with Crippen molar-refractivity contribution >= 4 is 45.1 Å². The smallest absolute Gasteiger partial charge is 0.239 e. The Morgan fingerprint density at radius 1 is 1.45 bits per heavy atom. The molecule has 0 aliphatic carbocycles. The number of carbonyl (C=O) groups excluding carboxylic acids is 1. The van der Waals surface area contributed by atoms with Crippen molar-refractivity contribution in [2.45, 2.75) is 30.8 Å². The number of furan rings is 1. The van der Waals surface area contributed by atoms with E-state index < -0.39 is 5.25 Å². The molecule has 3 heterocycles. The maximum atomic E-state index is 12.6. The minimum absolute atomic E-state index is 0.150. The van der Waals surface area contributed by atoms with Crippen LogP contribution in [0.5, 0.6) is 5.75 Å². The first-order valence-corrected chi connectivity index (χ1v) is 11.3. The van der Waals surface area contributed by atoms with Crippen LogP contribution in [0.15, 0.2) is 51.9 Å². The quantitative estimate of drug-likeness (QED) is 0.302. The molecule has 0 unspecified atom stereocenters. The molecule has 0 bridgehead atoms. The van der Waals surface area contributed by atoms with Crippen LogP contribution in [-0.4, -0.2) is 38.0 Å². The van der Waals surface area contributed by atoms with E-state index in [2.05, 4.69) is 27.1 Å². The van der Waals surface area contributed by atoms with Gasteiger partial charge in [-0.15, -0.1) is 28.1 Å². The Labute approximate surface area is 187 Å². The third-order valence-corrected chi connectivity index (χ3v) is 6.43. The van der Waals surface area contributed by atoms with E-state index in [1.165, 1.54) is 23.1 Å². The summed E-state index contributed by atoms with van der Waals surface area (Å²) in [6.07, 6.45) is 1.75. The zero-order valence-corrected chi connectivity index (χ0v) is 18.9. The van der Waals surface area contributed by atoms with E-state index in [1.807, 2.05) is 48.1 Å². The average molecular weight is 456 g/mol. The van der Waals surface area contributed by atoms with E-state index in [4.69, 9.17) is 9.15 Å². The fraction of sp³-hybridized carbons (Fsp3) is 0.238. The summed E-state index contributed by atoms with van der Waals surface area (Å²) in [6, 6.07) is 7.59. The molecule has 4 aromatic rings. The molecule has 0 aliphatic heterocycles. The molecule has 0 saturated heterocycles.